The Kier molecular flexibility index (Phi) is 6.98. The van der Waals surface area contributed by atoms with Gasteiger partial charge in [-0.2, -0.15) is 0 Å². The fourth-order valence-corrected chi connectivity index (χ4v) is 3.62. The summed E-state index contributed by atoms with van der Waals surface area (Å²) in [4.78, 5) is 23.0. The van der Waals surface area contributed by atoms with Gasteiger partial charge in [0.1, 0.15) is 17.5 Å². The van der Waals surface area contributed by atoms with E-state index in [-0.39, 0.29) is 24.3 Å². The number of nitrogens with one attached hydrogen (secondary N) is 1. The van der Waals surface area contributed by atoms with Gasteiger partial charge in [0.25, 0.3) is 5.91 Å². The number of hydrogen-bond acceptors (Lipinski definition) is 4. The van der Waals surface area contributed by atoms with E-state index in [2.05, 4.69) is 5.32 Å². The van der Waals surface area contributed by atoms with Crippen LogP contribution in [0.5, 0.6) is 0 Å². The lowest BCUT2D eigenvalue weighted by Crippen LogP contribution is -2.28. The molecule has 11 heteroatoms. The Bertz CT molecular complexity index is 1030. The number of carbonyl (C=O) groups excluding carboxylic acids is 2. The number of halogens is 3. The van der Waals surface area contributed by atoms with E-state index in [1.165, 1.54) is 7.05 Å². The molecule has 2 rings (SSSR count). The summed E-state index contributed by atoms with van der Waals surface area (Å²) in [7, 11) is -2.56. The Morgan fingerprint density at radius 1 is 1.07 bits per heavy atom. The minimum absolute atomic E-state index is 0.0361. The van der Waals surface area contributed by atoms with Crippen LogP contribution in [-0.4, -0.2) is 38.1 Å². The van der Waals surface area contributed by atoms with Gasteiger partial charge < -0.3 is 11.1 Å². The van der Waals surface area contributed by atoms with Crippen LogP contribution in [0.15, 0.2) is 41.3 Å². The molecule has 7 nitrogen and oxygen atoms in total. The van der Waals surface area contributed by atoms with Crippen LogP contribution in [0.4, 0.5) is 18.9 Å². The molecule has 29 heavy (non-hydrogen) atoms. The van der Waals surface area contributed by atoms with Crippen LogP contribution < -0.4 is 11.1 Å². The van der Waals surface area contributed by atoms with Crippen molar-refractivity contribution in [2.75, 3.05) is 18.9 Å². The molecule has 2 amide bonds. The Morgan fingerprint density at radius 3 is 2.28 bits per heavy atom. The second-order valence-electron chi connectivity index (χ2n) is 6.11. The van der Waals surface area contributed by atoms with Crippen molar-refractivity contribution in [1.82, 2.24) is 4.31 Å². The van der Waals surface area contributed by atoms with Crippen molar-refractivity contribution in [3.8, 4) is 0 Å². The summed E-state index contributed by atoms with van der Waals surface area (Å²) in [6, 6.07) is 5.51. The number of amides is 2. The zero-order valence-corrected chi connectivity index (χ0v) is 16.1. The molecule has 0 saturated carbocycles. The van der Waals surface area contributed by atoms with Gasteiger partial charge >= 0.3 is 0 Å². The van der Waals surface area contributed by atoms with E-state index in [0.29, 0.717) is 6.07 Å². The van der Waals surface area contributed by atoms with Crippen LogP contribution in [0, 0.1) is 17.5 Å². The van der Waals surface area contributed by atoms with Crippen LogP contribution >= 0.6 is 0 Å². The number of sulfonamides is 1. The van der Waals surface area contributed by atoms with Crippen LogP contribution in [-0.2, 0) is 14.8 Å². The lowest BCUT2D eigenvalue weighted by molar-refractivity contribution is -0.116. The maximum atomic E-state index is 13.8. The van der Waals surface area contributed by atoms with Crippen LogP contribution in [0.3, 0.4) is 0 Å². The summed E-state index contributed by atoms with van der Waals surface area (Å²) >= 11 is 0. The van der Waals surface area contributed by atoms with Gasteiger partial charge in [-0.05, 0) is 36.8 Å². The van der Waals surface area contributed by atoms with E-state index >= 15 is 0 Å². The maximum Gasteiger partial charge on any atom is 0.251 e. The van der Waals surface area contributed by atoms with Crippen molar-refractivity contribution >= 4 is 27.5 Å². The minimum atomic E-state index is -3.86. The first-order valence-corrected chi connectivity index (χ1v) is 9.77. The minimum Gasteiger partial charge on any atom is -0.366 e. The molecule has 0 bridgehead atoms. The lowest BCUT2D eigenvalue weighted by atomic mass is 10.1. The van der Waals surface area contributed by atoms with Crippen LogP contribution in [0.2, 0.25) is 0 Å². The molecular formula is C18H18F3N3O4S. The summed E-state index contributed by atoms with van der Waals surface area (Å²) in [5.74, 6) is -4.60. The van der Waals surface area contributed by atoms with E-state index in [1.54, 1.807) is 0 Å². The summed E-state index contributed by atoms with van der Waals surface area (Å²) < 4.78 is 65.9. The third kappa shape index (κ3) is 5.55. The summed E-state index contributed by atoms with van der Waals surface area (Å²) in [5, 5.41) is 2.19. The second-order valence-corrected chi connectivity index (χ2v) is 8.15. The molecule has 0 aromatic heterocycles. The second kappa shape index (κ2) is 9.05. The molecule has 0 spiro atoms. The molecule has 0 atom stereocenters. The van der Waals surface area contributed by atoms with E-state index in [1.807, 2.05) is 0 Å². The van der Waals surface area contributed by atoms with Crippen molar-refractivity contribution in [1.29, 1.82) is 0 Å². The van der Waals surface area contributed by atoms with Gasteiger partial charge in [-0.3, -0.25) is 9.59 Å². The fourth-order valence-electron chi connectivity index (χ4n) is 2.42. The number of hydrogen-bond donors (Lipinski definition) is 2. The van der Waals surface area contributed by atoms with Crippen molar-refractivity contribution in [2.45, 2.75) is 17.7 Å². The average Bonchev–Trinajstić information content (AvgIpc) is 2.63. The fraction of sp³-hybridized carbons (Fsp3) is 0.222. The number of rotatable bonds is 8. The third-order valence-corrected chi connectivity index (χ3v) is 5.87. The Labute approximate surface area is 165 Å². The number of anilines is 1. The highest BCUT2D eigenvalue weighted by atomic mass is 32.2. The van der Waals surface area contributed by atoms with E-state index in [9.17, 15) is 31.2 Å². The molecule has 156 valence electrons. The van der Waals surface area contributed by atoms with Gasteiger partial charge in [-0.15, -0.1) is 0 Å². The highest BCUT2D eigenvalue weighted by molar-refractivity contribution is 7.89. The van der Waals surface area contributed by atoms with Crippen molar-refractivity contribution in [2.24, 2.45) is 5.73 Å². The monoisotopic (exact) mass is 429 g/mol. The molecular weight excluding hydrogens is 411 g/mol. The van der Waals surface area contributed by atoms with Gasteiger partial charge in [0, 0.05) is 26.1 Å². The quantitative estimate of drug-likeness (QED) is 0.671. The molecule has 0 aliphatic carbocycles. The molecule has 0 heterocycles. The van der Waals surface area contributed by atoms with Crippen LogP contribution in [0.1, 0.15) is 23.2 Å². The number of carbonyl (C=O) groups is 2. The molecule has 0 fully saturated rings. The Hall–Kier alpha value is -2.92. The molecule has 3 N–H and O–H groups in total. The molecule has 2 aromatic carbocycles. The molecule has 0 aliphatic heterocycles. The predicted octanol–water partition coefficient (Wildman–Crippen LogP) is 2.24. The summed E-state index contributed by atoms with van der Waals surface area (Å²) in [5.41, 5.74) is 3.98. The smallest absolute Gasteiger partial charge is 0.251 e. The normalized spacial score (nSPS) is 11.5. The van der Waals surface area contributed by atoms with Crippen molar-refractivity contribution < 1.29 is 31.2 Å². The van der Waals surface area contributed by atoms with Gasteiger partial charge in [-0.25, -0.2) is 25.9 Å². The SMILES string of the molecule is CN(CCCC(=O)Nc1cc(C(N)=O)c(F)cc1F)S(=O)(=O)c1ccc(F)cc1. The third-order valence-electron chi connectivity index (χ3n) is 3.99. The molecule has 2 aromatic rings. The van der Waals surface area contributed by atoms with Crippen LogP contribution in [0.25, 0.3) is 0 Å². The number of primary amides is 1. The van der Waals surface area contributed by atoms with E-state index in [0.717, 1.165) is 34.6 Å². The summed E-state index contributed by atoms with van der Waals surface area (Å²) in [6.07, 6.45) is -0.0831. The first kappa shape index (κ1) is 22.4. The predicted molar refractivity (Wildman–Crippen MR) is 99.0 cm³/mol. The standard InChI is InChI=1S/C18H18F3N3O4S/c1-24(29(27,28)12-6-4-11(19)5-7-12)8-2-3-17(25)23-16-9-13(18(22)26)14(20)10-15(16)21/h4-7,9-10H,2-3,8H2,1H3,(H2,22,26)(H,23,25). The first-order valence-electron chi connectivity index (χ1n) is 8.33. The maximum absolute atomic E-state index is 13.8. The zero-order valence-electron chi connectivity index (χ0n) is 15.3. The van der Waals surface area contributed by atoms with Gasteiger partial charge in [0.05, 0.1) is 16.1 Å². The summed E-state index contributed by atoms with van der Waals surface area (Å²) in [6.45, 7) is -0.0361. The Morgan fingerprint density at radius 2 is 1.69 bits per heavy atom. The number of nitrogens with zero attached hydrogens (tertiary/aromatic N) is 1. The number of benzene rings is 2. The zero-order chi connectivity index (χ0) is 21.8. The van der Waals surface area contributed by atoms with E-state index < -0.39 is 50.5 Å². The van der Waals surface area contributed by atoms with Gasteiger partial charge in [0.2, 0.25) is 15.9 Å². The van der Waals surface area contributed by atoms with Gasteiger partial charge in [-0.1, -0.05) is 0 Å². The Balaban J connectivity index is 1.95. The lowest BCUT2D eigenvalue weighted by Gasteiger charge is -2.17. The molecule has 0 aliphatic rings. The first-order chi connectivity index (χ1) is 13.5. The highest BCUT2D eigenvalue weighted by Crippen LogP contribution is 2.20. The van der Waals surface area contributed by atoms with E-state index in [4.69, 9.17) is 5.73 Å². The molecule has 0 unspecified atom stereocenters. The number of nitrogens with two attached hydrogens (primary N) is 1. The average molecular weight is 429 g/mol. The molecule has 0 radical (unpaired) electrons. The van der Waals surface area contributed by atoms with Gasteiger partial charge in [0.15, 0.2) is 0 Å². The highest BCUT2D eigenvalue weighted by Gasteiger charge is 2.21. The van der Waals surface area contributed by atoms with Crippen molar-refractivity contribution in [3.63, 3.8) is 0 Å². The largest absolute Gasteiger partial charge is 0.366 e. The molecule has 0 saturated heterocycles. The van der Waals surface area contributed by atoms with Crippen molar-refractivity contribution in [3.05, 3.63) is 59.4 Å². The topological polar surface area (TPSA) is 110 Å².